The number of para-hydroxylation sites is 1. The summed E-state index contributed by atoms with van der Waals surface area (Å²) in [6.07, 6.45) is 6.36. The Morgan fingerprint density at radius 1 is 1.31 bits per heavy atom. The van der Waals surface area contributed by atoms with Crippen molar-refractivity contribution in [1.29, 1.82) is 0 Å². The topological polar surface area (TPSA) is 130 Å². The first-order chi connectivity index (χ1) is 15.2. The number of ketones is 1. The lowest BCUT2D eigenvalue weighted by Crippen LogP contribution is -2.28. The van der Waals surface area contributed by atoms with Gasteiger partial charge in [-0.2, -0.15) is 0 Å². The summed E-state index contributed by atoms with van der Waals surface area (Å²) in [7, 11) is -3.56. The Balaban J connectivity index is 1.84. The second-order valence-corrected chi connectivity index (χ2v) is 9.39. The largest absolute Gasteiger partial charge is 0.491 e. The van der Waals surface area contributed by atoms with Crippen LogP contribution in [-0.4, -0.2) is 55.4 Å². The summed E-state index contributed by atoms with van der Waals surface area (Å²) in [5.41, 5.74) is 2.88. The Hall–Kier alpha value is -2.71. The smallest absolute Gasteiger partial charge is 0.233 e. The zero-order valence-corrected chi connectivity index (χ0v) is 18.7. The minimum atomic E-state index is -3.56. The van der Waals surface area contributed by atoms with Gasteiger partial charge in [-0.25, -0.2) is 8.42 Å². The first-order valence-corrected chi connectivity index (χ1v) is 12.2. The Kier molecular flexibility index (Phi) is 9.87. The molecule has 8 nitrogen and oxygen atoms in total. The number of nitrogens with one attached hydrogen (secondary N) is 1. The second-order valence-electron chi connectivity index (χ2n) is 7.64. The molecular formula is C23H29NO7S. The molecule has 1 amide bonds. The maximum absolute atomic E-state index is 12.2. The molecule has 4 atom stereocenters. The van der Waals surface area contributed by atoms with E-state index in [0.717, 1.165) is 6.26 Å². The summed E-state index contributed by atoms with van der Waals surface area (Å²) in [5, 5.41) is 20.3. The van der Waals surface area contributed by atoms with Crippen LogP contribution in [0.1, 0.15) is 25.7 Å². The minimum Gasteiger partial charge on any atom is -0.491 e. The third-order valence-corrected chi connectivity index (χ3v) is 5.47. The van der Waals surface area contributed by atoms with Crippen molar-refractivity contribution in [3.8, 4) is 5.75 Å². The molecule has 1 aromatic carbocycles. The maximum Gasteiger partial charge on any atom is 0.233 e. The predicted octanol–water partition coefficient (Wildman–Crippen LogP) is 1.51. The van der Waals surface area contributed by atoms with Crippen molar-refractivity contribution in [2.24, 2.45) is 11.8 Å². The summed E-state index contributed by atoms with van der Waals surface area (Å²) in [6, 6.07) is 9.08. The summed E-state index contributed by atoms with van der Waals surface area (Å²) in [5.74, 6) is -0.877. The van der Waals surface area contributed by atoms with Crippen molar-refractivity contribution in [1.82, 2.24) is 4.72 Å². The number of carbonyl (C=O) groups excluding carboxylic acids is 2. The number of carbonyl (C=O) groups is 2. The van der Waals surface area contributed by atoms with Gasteiger partial charge in [0.2, 0.25) is 15.9 Å². The van der Waals surface area contributed by atoms with E-state index in [1.165, 1.54) is 6.08 Å². The van der Waals surface area contributed by atoms with Crippen LogP contribution in [0.3, 0.4) is 0 Å². The molecule has 3 N–H and O–H groups in total. The van der Waals surface area contributed by atoms with Gasteiger partial charge in [0, 0.05) is 24.7 Å². The lowest BCUT2D eigenvalue weighted by molar-refractivity contribution is -0.121. The Morgan fingerprint density at radius 3 is 2.72 bits per heavy atom. The highest BCUT2D eigenvalue weighted by molar-refractivity contribution is 7.89. The average Bonchev–Trinajstić information content (AvgIpc) is 2.99. The van der Waals surface area contributed by atoms with Gasteiger partial charge in [-0.05, 0) is 37.1 Å². The molecule has 0 spiro atoms. The number of allylic oxidation sites excluding steroid dienone is 1. The van der Waals surface area contributed by atoms with Crippen molar-refractivity contribution < 1.29 is 33.0 Å². The molecule has 1 aliphatic carbocycles. The van der Waals surface area contributed by atoms with Crippen molar-refractivity contribution in [3.05, 3.63) is 60.4 Å². The third-order valence-electron chi connectivity index (χ3n) is 4.87. The van der Waals surface area contributed by atoms with Crippen LogP contribution in [0.25, 0.3) is 0 Å². The first-order valence-electron chi connectivity index (χ1n) is 10.3. The van der Waals surface area contributed by atoms with Gasteiger partial charge < -0.3 is 14.9 Å². The number of sulfonamides is 1. The van der Waals surface area contributed by atoms with Crippen LogP contribution >= 0.6 is 0 Å². The third kappa shape index (κ3) is 9.20. The van der Waals surface area contributed by atoms with Crippen molar-refractivity contribution >= 4 is 21.7 Å². The van der Waals surface area contributed by atoms with Crippen LogP contribution < -0.4 is 9.46 Å². The zero-order chi connectivity index (χ0) is 23.6. The lowest BCUT2D eigenvalue weighted by atomic mass is 9.90. The molecule has 0 aliphatic heterocycles. The molecule has 32 heavy (non-hydrogen) atoms. The predicted molar refractivity (Wildman–Crippen MR) is 119 cm³/mol. The summed E-state index contributed by atoms with van der Waals surface area (Å²) in [4.78, 5) is 23.7. The molecule has 0 saturated heterocycles. The van der Waals surface area contributed by atoms with Gasteiger partial charge in [0.1, 0.15) is 24.2 Å². The SMILES string of the molecule is CS(=O)(=O)NC(=O)CCC=C=CCC1C(=O)CC(O)C1/C=C/C(O)COc1ccccc1. The molecule has 9 heteroatoms. The van der Waals surface area contributed by atoms with E-state index >= 15 is 0 Å². The van der Waals surface area contributed by atoms with Crippen LogP contribution in [-0.2, 0) is 19.6 Å². The number of ether oxygens (including phenoxy) is 1. The average molecular weight is 464 g/mol. The van der Waals surface area contributed by atoms with Crippen molar-refractivity contribution in [2.45, 2.75) is 37.9 Å². The van der Waals surface area contributed by atoms with Gasteiger partial charge in [0.15, 0.2) is 0 Å². The van der Waals surface area contributed by atoms with Crippen LogP contribution in [0.5, 0.6) is 5.75 Å². The van der Waals surface area contributed by atoms with E-state index < -0.39 is 40.0 Å². The van der Waals surface area contributed by atoms with Crippen LogP contribution in [0.15, 0.2) is 60.4 Å². The van der Waals surface area contributed by atoms with E-state index in [-0.39, 0.29) is 25.2 Å². The lowest BCUT2D eigenvalue weighted by Gasteiger charge is -2.16. The number of aliphatic hydroxyl groups is 2. The van der Waals surface area contributed by atoms with E-state index in [0.29, 0.717) is 18.6 Å². The molecule has 2 rings (SSSR count). The molecule has 0 radical (unpaired) electrons. The first kappa shape index (κ1) is 25.5. The molecule has 0 bridgehead atoms. The fourth-order valence-corrected chi connectivity index (χ4v) is 3.88. The molecule has 174 valence electrons. The molecule has 0 heterocycles. The molecular weight excluding hydrogens is 434 g/mol. The molecule has 1 aliphatic rings. The van der Waals surface area contributed by atoms with E-state index in [9.17, 15) is 28.2 Å². The van der Waals surface area contributed by atoms with Gasteiger partial charge in [-0.15, -0.1) is 5.73 Å². The fourth-order valence-electron chi connectivity index (χ4n) is 3.36. The zero-order valence-electron chi connectivity index (χ0n) is 17.9. The van der Waals surface area contributed by atoms with E-state index in [2.05, 4.69) is 5.73 Å². The quantitative estimate of drug-likeness (QED) is 0.335. The standard InChI is InChI=1S/C23H29NO7S/c1-32(29,30)24-23(28)12-8-3-2-7-11-19-20(22(27)15-21(19)26)14-13-17(25)16-31-18-9-5-4-6-10-18/h3-7,9-10,13-14,17,19-20,22,25,27H,8,11-12,15-16H2,1H3,(H,24,28)/b14-13+. The van der Waals surface area contributed by atoms with Crippen LogP contribution in [0.4, 0.5) is 0 Å². The van der Waals surface area contributed by atoms with Crippen molar-refractivity contribution in [2.75, 3.05) is 12.9 Å². The fraction of sp³-hybridized carbons (Fsp3) is 0.435. The highest BCUT2D eigenvalue weighted by Crippen LogP contribution is 2.33. The molecule has 4 unspecified atom stereocenters. The number of rotatable bonds is 11. The number of amides is 1. The normalized spacial score (nSPS) is 21.7. The summed E-state index contributed by atoms with van der Waals surface area (Å²) < 4.78 is 29.3. The number of hydrogen-bond acceptors (Lipinski definition) is 7. The Morgan fingerprint density at radius 2 is 2.03 bits per heavy atom. The Bertz CT molecular complexity index is 965. The highest BCUT2D eigenvalue weighted by atomic mass is 32.2. The molecule has 1 aromatic rings. The van der Waals surface area contributed by atoms with Crippen molar-refractivity contribution in [3.63, 3.8) is 0 Å². The number of Topliss-reactive ketones (excluding diaryl/α,β-unsaturated/α-hetero) is 1. The molecule has 1 saturated carbocycles. The maximum atomic E-state index is 12.2. The van der Waals surface area contributed by atoms with Gasteiger partial charge in [0.25, 0.3) is 0 Å². The minimum absolute atomic E-state index is 0.00326. The highest BCUT2D eigenvalue weighted by Gasteiger charge is 2.39. The molecule has 0 aromatic heterocycles. The number of aliphatic hydroxyl groups excluding tert-OH is 2. The number of hydrogen-bond donors (Lipinski definition) is 3. The summed E-state index contributed by atoms with van der Waals surface area (Å²) >= 11 is 0. The second kappa shape index (κ2) is 12.4. The van der Waals surface area contributed by atoms with E-state index in [4.69, 9.17) is 4.74 Å². The number of benzene rings is 1. The van der Waals surface area contributed by atoms with Gasteiger partial charge in [-0.3, -0.25) is 14.3 Å². The summed E-state index contributed by atoms with van der Waals surface area (Å²) in [6.45, 7) is 0.0531. The van der Waals surface area contributed by atoms with E-state index in [1.807, 2.05) is 22.9 Å². The van der Waals surface area contributed by atoms with Crippen LogP contribution in [0.2, 0.25) is 0 Å². The van der Waals surface area contributed by atoms with Gasteiger partial charge in [0.05, 0.1) is 12.4 Å². The van der Waals surface area contributed by atoms with E-state index in [1.54, 1.807) is 30.4 Å². The monoisotopic (exact) mass is 463 g/mol. The molecule has 1 fully saturated rings. The van der Waals surface area contributed by atoms with Crippen LogP contribution in [0, 0.1) is 11.8 Å². The Labute approximate surface area is 188 Å². The van der Waals surface area contributed by atoms with Gasteiger partial charge in [-0.1, -0.05) is 30.4 Å². The van der Waals surface area contributed by atoms with Gasteiger partial charge >= 0.3 is 0 Å².